The first-order valence-corrected chi connectivity index (χ1v) is 7.99. The summed E-state index contributed by atoms with van der Waals surface area (Å²) < 4.78 is 10.8. The fourth-order valence-corrected chi connectivity index (χ4v) is 3.77. The van der Waals surface area contributed by atoms with Crippen molar-refractivity contribution in [3.63, 3.8) is 0 Å². The summed E-state index contributed by atoms with van der Waals surface area (Å²) in [6.07, 6.45) is 0.366. The zero-order valence-corrected chi connectivity index (χ0v) is 13.2. The number of hydrogen-bond donors (Lipinski definition) is 0. The Morgan fingerprint density at radius 3 is 2.90 bits per heavy atom. The molecule has 1 aromatic carbocycles. The van der Waals surface area contributed by atoms with Crippen LogP contribution in [-0.4, -0.2) is 43.2 Å². The quantitative estimate of drug-likeness (QED) is 0.783. The van der Waals surface area contributed by atoms with Crippen LogP contribution < -0.4 is 9.47 Å². The third kappa shape index (κ3) is 2.99. The second-order valence-electron chi connectivity index (χ2n) is 4.33. The van der Waals surface area contributed by atoms with Crippen LogP contribution in [-0.2, 0) is 4.79 Å². The number of benzene rings is 1. The third-order valence-electron chi connectivity index (χ3n) is 3.22. The van der Waals surface area contributed by atoms with Crippen molar-refractivity contribution in [3.05, 3.63) is 23.8 Å². The van der Waals surface area contributed by atoms with Gasteiger partial charge in [0.25, 0.3) is 0 Å². The van der Waals surface area contributed by atoms with Gasteiger partial charge in [-0.05, 0) is 6.07 Å². The zero-order chi connectivity index (χ0) is 14.5. The third-order valence-corrected chi connectivity index (χ3v) is 4.65. The molecule has 1 atom stereocenters. The normalized spacial score (nSPS) is 18.1. The Balaban J connectivity index is 2.32. The molecular weight excluding hydrogens is 298 g/mol. The number of ether oxygens (including phenoxy) is 2. The second kappa shape index (κ2) is 7.09. The van der Waals surface area contributed by atoms with Crippen LogP contribution in [0.15, 0.2) is 18.2 Å². The van der Waals surface area contributed by atoms with Gasteiger partial charge in [-0.2, -0.15) is 0 Å². The van der Waals surface area contributed by atoms with Gasteiger partial charge in [-0.1, -0.05) is 12.1 Å². The maximum absolute atomic E-state index is 12.1. The lowest BCUT2D eigenvalue weighted by Gasteiger charge is -2.25. The molecule has 0 bridgehead atoms. The molecule has 1 aliphatic heterocycles. The first kappa shape index (κ1) is 15.3. The number of nitrogens with zero attached hydrogens (tertiary/aromatic N) is 1. The smallest absolute Gasteiger partial charge is 0.224 e. The highest BCUT2D eigenvalue weighted by atomic mass is 35.5. The summed E-state index contributed by atoms with van der Waals surface area (Å²) in [5, 5.41) is -0.0317. The number of methoxy groups -OCH3 is 2. The molecule has 1 saturated heterocycles. The highest BCUT2D eigenvalue weighted by Gasteiger charge is 2.32. The lowest BCUT2D eigenvalue weighted by molar-refractivity contribution is -0.130. The minimum Gasteiger partial charge on any atom is -0.493 e. The van der Waals surface area contributed by atoms with E-state index in [4.69, 9.17) is 21.1 Å². The molecule has 2 rings (SSSR count). The number of carbonyl (C=O) groups excluding carboxylic acids is 1. The van der Waals surface area contributed by atoms with Crippen LogP contribution in [0.2, 0.25) is 0 Å². The summed E-state index contributed by atoms with van der Waals surface area (Å²) in [6.45, 7) is 0.741. The number of carbonyl (C=O) groups is 1. The molecule has 0 spiro atoms. The van der Waals surface area contributed by atoms with Gasteiger partial charge in [0.15, 0.2) is 11.5 Å². The molecular formula is C14H18ClNO3S. The fraction of sp³-hybridized carbons (Fsp3) is 0.500. The molecule has 1 aromatic rings. The van der Waals surface area contributed by atoms with Crippen LogP contribution in [0, 0.1) is 0 Å². The van der Waals surface area contributed by atoms with Crippen LogP contribution in [0.1, 0.15) is 17.4 Å². The zero-order valence-electron chi connectivity index (χ0n) is 11.6. The molecule has 6 heteroatoms. The Morgan fingerprint density at radius 2 is 2.25 bits per heavy atom. The number of halogens is 1. The molecule has 0 N–H and O–H groups in total. The number of alkyl halides is 1. The van der Waals surface area contributed by atoms with Crippen molar-refractivity contribution >= 4 is 29.3 Å². The van der Waals surface area contributed by atoms with Gasteiger partial charge >= 0.3 is 0 Å². The van der Waals surface area contributed by atoms with E-state index in [1.54, 1.807) is 26.0 Å². The predicted molar refractivity (Wildman–Crippen MR) is 81.8 cm³/mol. The van der Waals surface area contributed by atoms with E-state index in [0.29, 0.717) is 23.8 Å². The lowest BCUT2D eigenvalue weighted by Crippen LogP contribution is -2.30. The first-order chi connectivity index (χ1) is 9.72. The van der Waals surface area contributed by atoms with Crippen molar-refractivity contribution in [3.8, 4) is 11.5 Å². The van der Waals surface area contributed by atoms with Crippen molar-refractivity contribution in [1.29, 1.82) is 0 Å². The van der Waals surface area contributed by atoms with Gasteiger partial charge in [0, 0.05) is 30.2 Å². The van der Waals surface area contributed by atoms with E-state index in [0.717, 1.165) is 17.9 Å². The van der Waals surface area contributed by atoms with Crippen LogP contribution in [0.3, 0.4) is 0 Å². The van der Waals surface area contributed by atoms with E-state index in [1.807, 2.05) is 23.1 Å². The molecule has 4 nitrogen and oxygen atoms in total. The summed E-state index contributed by atoms with van der Waals surface area (Å²) in [5.74, 6) is 2.72. The standard InChI is InChI=1S/C14H18ClNO3S/c1-18-11-5-3-4-10(13(11)19-2)14-16(8-9-20-14)12(17)6-7-15/h3-5,14H,6-9H2,1-2H3. The van der Waals surface area contributed by atoms with Gasteiger partial charge in [-0.25, -0.2) is 0 Å². The molecule has 0 saturated carbocycles. The lowest BCUT2D eigenvalue weighted by atomic mass is 10.1. The van der Waals surface area contributed by atoms with Gasteiger partial charge < -0.3 is 14.4 Å². The maximum atomic E-state index is 12.1. The van der Waals surface area contributed by atoms with E-state index in [9.17, 15) is 4.79 Å². The van der Waals surface area contributed by atoms with Gasteiger partial charge in [0.2, 0.25) is 5.91 Å². The van der Waals surface area contributed by atoms with Crippen molar-refractivity contribution < 1.29 is 14.3 Å². The number of thioether (sulfide) groups is 1. The highest BCUT2D eigenvalue weighted by Crippen LogP contribution is 2.45. The fourth-order valence-electron chi connectivity index (χ4n) is 2.31. The average molecular weight is 316 g/mol. The molecule has 1 fully saturated rings. The number of para-hydroxylation sites is 1. The van der Waals surface area contributed by atoms with Crippen LogP contribution in [0.25, 0.3) is 0 Å². The van der Waals surface area contributed by atoms with E-state index in [-0.39, 0.29) is 11.3 Å². The van der Waals surface area contributed by atoms with Gasteiger partial charge in [0.1, 0.15) is 5.37 Å². The number of amides is 1. The second-order valence-corrected chi connectivity index (χ2v) is 5.90. The molecule has 0 radical (unpaired) electrons. The largest absolute Gasteiger partial charge is 0.493 e. The van der Waals surface area contributed by atoms with Gasteiger partial charge in [-0.3, -0.25) is 4.79 Å². The van der Waals surface area contributed by atoms with E-state index >= 15 is 0 Å². The Kier molecular flexibility index (Phi) is 5.43. The molecule has 1 heterocycles. The van der Waals surface area contributed by atoms with E-state index in [1.165, 1.54) is 0 Å². The molecule has 1 unspecified atom stereocenters. The van der Waals surface area contributed by atoms with Crippen LogP contribution in [0.4, 0.5) is 0 Å². The first-order valence-electron chi connectivity index (χ1n) is 6.40. The summed E-state index contributed by atoms with van der Waals surface area (Å²) >= 11 is 7.41. The minimum atomic E-state index is -0.0317. The molecule has 1 aliphatic rings. The molecule has 110 valence electrons. The average Bonchev–Trinajstić information content (AvgIpc) is 2.95. The van der Waals surface area contributed by atoms with Gasteiger partial charge in [0.05, 0.1) is 14.2 Å². The van der Waals surface area contributed by atoms with Crippen molar-refractivity contribution in [2.24, 2.45) is 0 Å². The Hall–Kier alpha value is -1.07. The summed E-state index contributed by atoms with van der Waals surface area (Å²) in [4.78, 5) is 14.0. The molecule has 0 aromatic heterocycles. The van der Waals surface area contributed by atoms with Crippen LogP contribution >= 0.6 is 23.4 Å². The van der Waals surface area contributed by atoms with Crippen LogP contribution in [0.5, 0.6) is 11.5 Å². The minimum absolute atomic E-state index is 0.0317. The Bertz CT molecular complexity index is 483. The summed E-state index contributed by atoms with van der Waals surface area (Å²) in [7, 11) is 3.23. The number of hydrogen-bond acceptors (Lipinski definition) is 4. The predicted octanol–water partition coefficient (Wildman–Crippen LogP) is 2.91. The van der Waals surface area contributed by atoms with E-state index < -0.39 is 0 Å². The summed E-state index contributed by atoms with van der Waals surface area (Å²) in [5.41, 5.74) is 0.970. The monoisotopic (exact) mass is 315 g/mol. The topological polar surface area (TPSA) is 38.8 Å². The highest BCUT2D eigenvalue weighted by molar-refractivity contribution is 7.99. The Labute approximate surface area is 128 Å². The molecule has 1 amide bonds. The SMILES string of the molecule is COc1cccc(C2SCCN2C(=O)CCCl)c1OC. The van der Waals surface area contributed by atoms with Crippen molar-refractivity contribution in [1.82, 2.24) is 4.90 Å². The number of rotatable bonds is 5. The van der Waals surface area contributed by atoms with E-state index in [2.05, 4.69) is 0 Å². The molecule has 20 heavy (non-hydrogen) atoms. The Morgan fingerprint density at radius 1 is 1.45 bits per heavy atom. The van der Waals surface area contributed by atoms with Crippen molar-refractivity contribution in [2.75, 3.05) is 32.4 Å². The van der Waals surface area contributed by atoms with Gasteiger partial charge in [-0.15, -0.1) is 23.4 Å². The summed E-state index contributed by atoms with van der Waals surface area (Å²) in [6, 6.07) is 5.75. The maximum Gasteiger partial charge on any atom is 0.224 e. The molecule has 0 aliphatic carbocycles. The van der Waals surface area contributed by atoms with Crippen molar-refractivity contribution in [2.45, 2.75) is 11.8 Å².